The quantitative estimate of drug-likeness (QED) is 0.476. The molecule has 2 aromatic carbocycles. The Labute approximate surface area is 173 Å². The Morgan fingerprint density at radius 1 is 1.10 bits per heavy atom. The van der Waals surface area contributed by atoms with E-state index in [1.807, 2.05) is 37.3 Å². The molecule has 156 valence electrons. The molecule has 2 atom stereocenters. The van der Waals surface area contributed by atoms with Crippen LogP contribution in [0.4, 0.5) is 0 Å². The first kappa shape index (κ1) is 21.1. The molecule has 1 N–H and O–H groups in total. The van der Waals surface area contributed by atoms with Crippen molar-refractivity contribution in [3.8, 4) is 5.75 Å². The second-order valence-corrected chi connectivity index (χ2v) is 6.94. The molecule has 0 aliphatic heterocycles. The van der Waals surface area contributed by atoms with E-state index < -0.39 is 29.6 Å². The average molecular weight is 409 g/mol. The number of rotatable bonds is 7. The van der Waals surface area contributed by atoms with E-state index in [9.17, 15) is 14.4 Å². The number of benzene rings is 2. The van der Waals surface area contributed by atoms with Crippen molar-refractivity contribution in [1.82, 2.24) is 5.32 Å². The topological polar surface area (TPSA) is 94.8 Å². The third-order valence-electron chi connectivity index (χ3n) is 4.69. The molecule has 0 unspecified atom stereocenters. The fraction of sp³-hybridized carbons (Fsp3) is 0.261. The maximum Gasteiger partial charge on any atom is 0.336 e. The molecule has 0 saturated carbocycles. The molecule has 0 bridgehead atoms. The summed E-state index contributed by atoms with van der Waals surface area (Å²) in [6.45, 7) is 3.39. The average Bonchev–Trinajstić information content (AvgIpc) is 2.72. The molecule has 1 heterocycles. The number of amides is 1. The van der Waals surface area contributed by atoms with Crippen LogP contribution in [0.25, 0.3) is 11.0 Å². The van der Waals surface area contributed by atoms with Crippen LogP contribution in [0.1, 0.15) is 18.1 Å². The first-order valence-corrected chi connectivity index (χ1v) is 9.50. The summed E-state index contributed by atoms with van der Waals surface area (Å²) in [6.07, 6.45) is -0.589. The molecule has 7 heteroatoms. The maximum absolute atomic E-state index is 12.6. The van der Waals surface area contributed by atoms with Gasteiger partial charge >= 0.3 is 11.6 Å². The molecule has 0 spiro atoms. The minimum absolute atomic E-state index is 0.298. The van der Waals surface area contributed by atoms with Gasteiger partial charge in [-0.3, -0.25) is 4.79 Å². The van der Waals surface area contributed by atoms with E-state index in [-0.39, 0.29) is 0 Å². The van der Waals surface area contributed by atoms with Crippen molar-refractivity contribution in [2.24, 2.45) is 0 Å². The predicted octanol–water partition coefficient (Wildman–Crippen LogP) is 2.77. The van der Waals surface area contributed by atoms with Gasteiger partial charge < -0.3 is 19.2 Å². The van der Waals surface area contributed by atoms with Crippen molar-refractivity contribution >= 4 is 22.8 Å². The van der Waals surface area contributed by atoms with Crippen molar-refractivity contribution in [2.45, 2.75) is 32.4 Å². The van der Waals surface area contributed by atoms with Crippen molar-refractivity contribution in [3.05, 3.63) is 76.1 Å². The number of carbonyl (C=O) groups is 2. The second kappa shape index (κ2) is 9.26. The molecule has 3 aromatic rings. The van der Waals surface area contributed by atoms with Crippen molar-refractivity contribution in [3.63, 3.8) is 0 Å². The van der Waals surface area contributed by atoms with Crippen molar-refractivity contribution in [1.29, 1.82) is 0 Å². The van der Waals surface area contributed by atoms with Gasteiger partial charge in [0.15, 0.2) is 6.10 Å². The smallest absolute Gasteiger partial charge is 0.336 e. The highest BCUT2D eigenvalue weighted by atomic mass is 16.5. The molecular formula is C23H23NO6. The van der Waals surface area contributed by atoms with Crippen LogP contribution < -0.4 is 15.7 Å². The second-order valence-electron chi connectivity index (χ2n) is 6.94. The Morgan fingerprint density at radius 3 is 2.53 bits per heavy atom. The zero-order valence-corrected chi connectivity index (χ0v) is 17.0. The van der Waals surface area contributed by atoms with Crippen LogP contribution >= 0.6 is 0 Å². The van der Waals surface area contributed by atoms with E-state index in [2.05, 4.69) is 5.32 Å². The van der Waals surface area contributed by atoms with Gasteiger partial charge in [0.2, 0.25) is 0 Å². The predicted molar refractivity (Wildman–Crippen MR) is 111 cm³/mol. The SMILES string of the molecule is COC(=O)[C@H](Cc1ccccc1)NC(=O)[C@@H](C)Oc1ccc2c(C)cc(=O)oc2c1. The number of esters is 1. The lowest BCUT2D eigenvalue weighted by atomic mass is 10.1. The number of hydrogen-bond donors (Lipinski definition) is 1. The van der Waals surface area contributed by atoms with Gasteiger partial charge in [-0.25, -0.2) is 9.59 Å². The number of nitrogens with one attached hydrogen (secondary N) is 1. The third kappa shape index (κ3) is 5.05. The summed E-state index contributed by atoms with van der Waals surface area (Å²) in [5.41, 5.74) is 1.61. The summed E-state index contributed by atoms with van der Waals surface area (Å²) in [5.74, 6) is -0.633. The van der Waals surface area contributed by atoms with Gasteiger partial charge in [-0.2, -0.15) is 0 Å². The third-order valence-corrected chi connectivity index (χ3v) is 4.69. The Morgan fingerprint density at radius 2 is 1.83 bits per heavy atom. The van der Waals surface area contributed by atoms with Gasteiger partial charge in [0.25, 0.3) is 5.91 Å². The van der Waals surface area contributed by atoms with Crippen LogP contribution in [0, 0.1) is 6.92 Å². The lowest BCUT2D eigenvalue weighted by Crippen LogP contribution is -2.47. The van der Waals surface area contributed by atoms with Gasteiger partial charge in [0, 0.05) is 23.9 Å². The molecular weight excluding hydrogens is 386 g/mol. The molecule has 1 amide bonds. The minimum atomic E-state index is -0.887. The fourth-order valence-corrected chi connectivity index (χ4v) is 3.11. The largest absolute Gasteiger partial charge is 0.481 e. The number of hydrogen-bond acceptors (Lipinski definition) is 6. The van der Waals surface area contributed by atoms with Crippen LogP contribution in [0.5, 0.6) is 5.75 Å². The van der Waals surface area contributed by atoms with E-state index in [0.29, 0.717) is 17.8 Å². The summed E-state index contributed by atoms with van der Waals surface area (Å²) in [6, 6.07) is 14.9. The summed E-state index contributed by atoms with van der Waals surface area (Å²) in [5, 5.41) is 3.46. The summed E-state index contributed by atoms with van der Waals surface area (Å²) < 4.78 is 15.7. The van der Waals surface area contributed by atoms with Crippen LogP contribution in [0.15, 0.2) is 63.8 Å². The van der Waals surface area contributed by atoms with Crippen molar-refractivity contribution in [2.75, 3.05) is 7.11 Å². The Balaban J connectivity index is 1.71. The number of aryl methyl sites for hydroxylation is 1. The Kier molecular flexibility index (Phi) is 6.51. The molecule has 0 aliphatic rings. The van der Waals surface area contributed by atoms with E-state index in [0.717, 1.165) is 16.5 Å². The molecule has 0 radical (unpaired) electrons. The zero-order valence-electron chi connectivity index (χ0n) is 17.0. The molecule has 1 aromatic heterocycles. The van der Waals surface area contributed by atoms with Gasteiger partial charge in [0.1, 0.15) is 17.4 Å². The number of carbonyl (C=O) groups excluding carboxylic acids is 2. The van der Waals surface area contributed by atoms with Gasteiger partial charge in [0.05, 0.1) is 7.11 Å². The summed E-state index contributed by atoms with van der Waals surface area (Å²) >= 11 is 0. The van der Waals surface area contributed by atoms with Gasteiger partial charge in [-0.05, 0) is 37.1 Å². The van der Waals surface area contributed by atoms with E-state index >= 15 is 0 Å². The fourth-order valence-electron chi connectivity index (χ4n) is 3.11. The number of ether oxygens (including phenoxy) is 2. The highest BCUT2D eigenvalue weighted by molar-refractivity contribution is 5.87. The van der Waals surface area contributed by atoms with Gasteiger partial charge in [-0.15, -0.1) is 0 Å². The summed E-state index contributed by atoms with van der Waals surface area (Å²) in [7, 11) is 1.28. The van der Waals surface area contributed by atoms with Crippen LogP contribution in [0.3, 0.4) is 0 Å². The van der Waals surface area contributed by atoms with E-state index in [1.165, 1.54) is 13.2 Å². The minimum Gasteiger partial charge on any atom is -0.481 e. The molecule has 7 nitrogen and oxygen atoms in total. The molecule has 0 aliphatic carbocycles. The maximum atomic E-state index is 12.6. The lowest BCUT2D eigenvalue weighted by molar-refractivity contribution is -0.145. The summed E-state index contributed by atoms with van der Waals surface area (Å²) in [4.78, 5) is 36.3. The highest BCUT2D eigenvalue weighted by Crippen LogP contribution is 2.23. The number of methoxy groups -OCH3 is 1. The van der Waals surface area contributed by atoms with E-state index in [4.69, 9.17) is 13.9 Å². The highest BCUT2D eigenvalue weighted by Gasteiger charge is 2.25. The zero-order chi connectivity index (χ0) is 21.7. The van der Waals surface area contributed by atoms with Gasteiger partial charge in [-0.1, -0.05) is 30.3 Å². The van der Waals surface area contributed by atoms with E-state index in [1.54, 1.807) is 25.1 Å². The van der Waals surface area contributed by atoms with Crippen LogP contribution in [-0.4, -0.2) is 31.1 Å². The number of fused-ring (bicyclic) bond motifs is 1. The van der Waals surface area contributed by atoms with Crippen molar-refractivity contribution < 1.29 is 23.5 Å². The molecule has 0 fully saturated rings. The first-order chi connectivity index (χ1) is 14.4. The lowest BCUT2D eigenvalue weighted by Gasteiger charge is -2.20. The normalized spacial score (nSPS) is 12.8. The Bertz CT molecular complexity index is 1110. The molecule has 3 rings (SSSR count). The molecule has 30 heavy (non-hydrogen) atoms. The first-order valence-electron chi connectivity index (χ1n) is 9.50. The standard InChI is InChI=1S/C23H23NO6/c1-14-11-21(25)30-20-13-17(9-10-18(14)20)29-15(2)22(26)24-19(23(27)28-3)12-16-7-5-4-6-8-16/h4-11,13,15,19H,12H2,1-3H3,(H,24,26)/t15-,19+/m1/s1. The molecule has 0 saturated heterocycles. The Hall–Kier alpha value is -3.61. The monoisotopic (exact) mass is 409 g/mol. The van der Waals surface area contributed by atoms with Crippen LogP contribution in [-0.2, 0) is 20.7 Å². The van der Waals surface area contributed by atoms with Crippen LogP contribution in [0.2, 0.25) is 0 Å².